The third kappa shape index (κ3) is 5.49. The summed E-state index contributed by atoms with van der Waals surface area (Å²) >= 11 is 5.85. The zero-order valence-electron chi connectivity index (χ0n) is 11.7. The number of hydrogen-bond acceptors (Lipinski definition) is 3. The molecule has 0 aliphatic heterocycles. The summed E-state index contributed by atoms with van der Waals surface area (Å²) < 4.78 is 5.57. The average molecular weight is 286 g/mol. The van der Waals surface area contributed by atoms with Crippen LogP contribution in [0.3, 0.4) is 0 Å². The second kappa shape index (κ2) is 6.26. The molecule has 2 N–H and O–H groups in total. The first kappa shape index (κ1) is 15.8. The molecule has 1 aromatic rings. The summed E-state index contributed by atoms with van der Waals surface area (Å²) in [6, 6.07) is 5.22. The maximum atomic E-state index is 11.8. The number of rotatable bonds is 5. The minimum atomic E-state index is -0.939. The van der Waals surface area contributed by atoms with Crippen LogP contribution < -0.4 is 10.1 Å². The van der Waals surface area contributed by atoms with Gasteiger partial charge in [0.2, 0.25) is 0 Å². The normalized spacial score (nSPS) is 12.9. The predicted octanol–water partition coefficient (Wildman–Crippen LogP) is 2.30. The standard InChI is InChI=1S/C14H20ClNO3/c1-9-7-11(15)5-6-12(9)19-10(2)13(17)16-8-14(3,4)18/h5-7,10,18H,8H2,1-4H3,(H,16,17). The van der Waals surface area contributed by atoms with Crippen molar-refractivity contribution in [1.29, 1.82) is 0 Å². The topological polar surface area (TPSA) is 58.6 Å². The Hall–Kier alpha value is -1.26. The zero-order chi connectivity index (χ0) is 14.6. The fraction of sp³-hybridized carbons (Fsp3) is 0.500. The number of aliphatic hydroxyl groups is 1. The summed E-state index contributed by atoms with van der Waals surface area (Å²) in [5.41, 5.74) is -0.0689. The molecule has 0 aliphatic carbocycles. The van der Waals surface area contributed by atoms with Crippen LogP contribution in [0, 0.1) is 6.92 Å². The van der Waals surface area contributed by atoms with Crippen molar-refractivity contribution in [3.05, 3.63) is 28.8 Å². The third-order valence-corrected chi connectivity index (χ3v) is 2.74. The van der Waals surface area contributed by atoms with Crippen LogP contribution in [0.4, 0.5) is 0 Å². The molecular formula is C14H20ClNO3. The van der Waals surface area contributed by atoms with Crippen LogP contribution in [-0.2, 0) is 4.79 Å². The van der Waals surface area contributed by atoms with Gasteiger partial charge < -0.3 is 15.2 Å². The van der Waals surface area contributed by atoms with Crippen LogP contribution in [0.2, 0.25) is 5.02 Å². The van der Waals surface area contributed by atoms with Crippen LogP contribution in [0.1, 0.15) is 26.3 Å². The van der Waals surface area contributed by atoms with E-state index in [1.54, 1.807) is 39.0 Å². The number of hydrogen-bond donors (Lipinski definition) is 2. The smallest absolute Gasteiger partial charge is 0.260 e. The van der Waals surface area contributed by atoms with Gasteiger partial charge in [-0.1, -0.05) is 11.6 Å². The zero-order valence-corrected chi connectivity index (χ0v) is 12.4. The molecule has 0 saturated carbocycles. The van der Waals surface area contributed by atoms with Gasteiger partial charge in [0.1, 0.15) is 5.75 Å². The van der Waals surface area contributed by atoms with E-state index >= 15 is 0 Å². The number of halogens is 1. The molecule has 106 valence electrons. The number of carbonyl (C=O) groups excluding carboxylic acids is 1. The maximum absolute atomic E-state index is 11.8. The highest BCUT2D eigenvalue weighted by Gasteiger charge is 2.19. The average Bonchev–Trinajstić information content (AvgIpc) is 2.28. The van der Waals surface area contributed by atoms with Crippen LogP contribution in [0.25, 0.3) is 0 Å². The minimum Gasteiger partial charge on any atom is -0.481 e. The highest BCUT2D eigenvalue weighted by molar-refractivity contribution is 6.30. The summed E-state index contributed by atoms with van der Waals surface area (Å²) in [4.78, 5) is 11.8. The molecule has 0 saturated heterocycles. The lowest BCUT2D eigenvalue weighted by Crippen LogP contribution is -2.43. The summed E-state index contributed by atoms with van der Waals surface area (Å²) in [6.07, 6.45) is -0.637. The molecule has 0 spiro atoms. The van der Waals surface area contributed by atoms with E-state index in [0.29, 0.717) is 10.8 Å². The summed E-state index contributed by atoms with van der Waals surface area (Å²) in [7, 11) is 0. The molecule has 1 aromatic carbocycles. The number of nitrogens with one attached hydrogen (secondary N) is 1. The minimum absolute atomic E-state index is 0.180. The van der Waals surface area contributed by atoms with Crippen LogP contribution in [-0.4, -0.2) is 29.3 Å². The largest absolute Gasteiger partial charge is 0.481 e. The van der Waals surface area contributed by atoms with Gasteiger partial charge in [0, 0.05) is 11.6 Å². The van der Waals surface area contributed by atoms with Crippen molar-refractivity contribution in [2.45, 2.75) is 39.4 Å². The molecule has 5 heteroatoms. The fourth-order valence-electron chi connectivity index (χ4n) is 1.44. The Kier molecular flexibility index (Phi) is 5.20. The molecule has 4 nitrogen and oxygen atoms in total. The number of ether oxygens (including phenoxy) is 1. The summed E-state index contributed by atoms with van der Waals surface area (Å²) in [6.45, 7) is 6.96. The maximum Gasteiger partial charge on any atom is 0.260 e. The van der Waals surface area contributed by atoms with Crippen molar-refractivity contribution in [2.75, 3.05) is 6.54 Å². The molecule has 0 heterocycles. The number of aryl methyl sites for hydroxylation is 1. The second-order valence-electron chi connectivity index (χ2n) is 5.20. The predicted molar refractivity (Wildman–Crippen MR) is 75.6 cm³/mol. The van der Waals surface area contributed by atoms with Crippen molar-refractivity contribution in [3.8, 4) is 5.75 Å². The number of benzene rings is 1. The van der Waals surface area contributed by atoms with E-state index in [1.165, 1.54) is 0 Å². The van der Waals surface area contributed by atoms with Gasteiger partial charge in [0.25, 0.3) is 5.91 Å². The Labute approximate surface area is 118 Å². The number of amides is 1. The first-order valence-corrected chi connectivity index (χ1v) is 6.50. The van der Waals surface area contributed by atoms with Crippen molar-refractivity contribution in [3.63, 3.8) is 0 Å². The van der Waals surface area contributed by atoms with Crippen LogP contribution >= 0.6 is 11.6 Å². The lowest BCUT2D eigenvalue weighted by molar-refractivity contribution is -0.128. The van der Waals surface area contributed by atoms with E-state index in [4.69, 9.17) is 16.3 Å². The highest BCUT2D eigenvalue weighted by atomic mass is 35.5. The Morgan fingerprint density at radius 3 is 2.68 bits per heavy atom. The third-order valence-electron chi connectivity index (χ3n) is 2.51. The molecule has 19 heavy (non-hydrogen) atoms. The van der Waals surface area contributed by atoms with Gasteiger partial charge in [-0.3, -0.25) is 4.79 Å². The highest BCUT2D eigenvalue weighted by Crippen LogP contribution is 2.22. The molecule has 1 atom stereocenters. The second-order valence-corrected chi connectivity index (χ2v) is 5.64. The quantitative estimate of drug-likeness (QED) is 0.873. The van der Waals surface area contributed by atoms with Crippen molar-refractivity contribution < 1.29 is 14.6 Å². The van der Waals surface area contributed by atoms with Gasteiger partial charge in [-0.15, -0.1) is 0 Å². The lowest BCUT2D eigenvalue weighted by Gasteiger charge is -2.20. The molecule has 1 amide bonds. The molecule has 1 rings (SSSR count). The Morgan fingerprint density at radius 1 is 1.53 bits per heavy atom. The van der Waals surface area contributed by atoms with Gasteiger partial charge in [-0.25, -0.2) is 0 Å². The van der Waals surface area contributed by atoms with Gasteiger partial charge in [-0.2, -0.15) is 0 Å². The van der Waals surface area contributed by atoms with E-state index in [0.717, 1.165) is 5.56 Å². The van der Waals surface area contributed by atoms with E-state index in [-0.39, 0.29) is 12.5 Å². The molecule has 0 radical (unpaired) electrons. The first-order chi connectivity index (χ1) is 8.69. The Morgan fingerprint density at radius 2 is 2.16 bits per heavy atom. The number of carbonyl (C=O) groups is 1. The first-order valence-electron chi connectivity index (χ1n) is 6.12. The van der Waals surface area contributed by atoms with Crippen molar-refractivity contribution in [1.82, 2.24) is 5.32 Å². The molecular weight excluding hydrogens is 266 g/mol. The Bertz CT molecular complexity index is 454. The Balaban J connectivity index is 2.59. The van der Waals surface area contributed by atoms with E-state index in [1.807, 2.05) is 6.92 Å². The van der Waals surface area contributed by atoms with Crippen LogP contribution in [0.15, 0.2) is 18.2 Å². The monoisotopic (exact) mass is 285 g/mol. The fourth-order valence-corrected chi connectivity index (χ4v) is 1.66. The van der Waals surface area contributed by atoms with Crippen molar-refractivity contribution >= 4 is 17.5 Å². The molecule has 0 aliphatic rings. The van der Waals surface area contributed by atoms with Gasteiger partial charge in [-0.05, 0) is 51.5 Å². The van der Waals surface area contributed by atoms with Crippen LogP contribution in [0.5, 0.6) is 5.75 Å². The van der Waals surface area contributed by atoms with Gasteiger partial charge in [0.05, 0.1) is 5.60 Å². The summed E-state index contributed by atoms with van der Waals surface area (Å²) in [5.74, 6) is 0.354. The van der Waals surface area contributed by atoms with E-state index < -0.39 is 11.7 Å². The van der Waals surface area contributed by atoms with E-state index in [2.05, 4.69) is 5.32 Å². The van der Waals surface area contributed by atoms with Gasteiger partial charge >= 0.3 is 0 Å². The molecule has 0 fully saturated rings. The van der Waals surface area contributed by atoms with E-state index in [9.17, 15) is 9.90 Å². The molecule has 0 bridgehead atoms. The SMILES string of the molecule is Cc1cc(Cl)ccc1OC(C)C(=O)NCC(C)(C)O. The molecule has 0 aromatic heterocycles. The lowest BCUT2D eigenvalue weighted by atomic mass is 10.1. The van der Waals surface area contributed by atoms with Crippen molar-refractivity contribution in [2.24, 2.45) is 0 Å². The molecule has 1 unspecified atom stereocenters. The van der Waals surface area contributed by atoms with Gasteiger partial charge in [0.15, 0.2) is 6.10 Å². The summed E-state index contributed by atoms with van der Waals surface area (Å²) in [5, 5.41) is 12.8.